The molecule has 40 heavy (non-hydrogen) atoms. The second kappa shape index (κ2) is 13.8. The summed E-state index contributed by atoms with van der Waals surface area (Å²) in [6.07, 6.45) is 8.48. The third kappa shape index (κ3) is 6.44. The first-order chi connectivity index (χ1) is 19.3. The molecular formula is C32H47NO5S2. The number of hydrogen-bond acceptors (Lipinski definition) is 8. The molecule has 0 bridgehead atoms. The normalized spacial score (nSPS) is 19.1. The molecule has 2 aromatic rings. The van der Waals surface area contributed by atoms with Crippen LogP contribution in [0.3, 0.4) is 0 Å². The predicted molar refractivity (Wildman–Crippen MR) is 168 cm³/mol. The molecule has 1 heterocycles. The number of rotatable bonds is 12. The predicted octanol–water partition coefficient (Wildman–Crippen LogP) is 7.37. The Kier molecular flexibility index (Phi) is 10.7. The van der Waals surface area contributed by atoms with Crippen molar-refractivity contribution in [3.05, 3.63) is 41.5 Å². The van der Waals surface area contributed by atoms with E-state index < -0.39 is 0 Å². The lowest BCUT2D eigenvalue weighted by Gasteiger charge is -2.45. The number of ether oxygens (including phenoxy) is 5. The first kappa shape index (κ1) is 31.0. The van der Waals surface area contributed by atoms with Gasteiger partial charge in [0.2, 0.25) is 5.75 Å². The Bertz CT molecular complexity index is 1090. The summed E-state index contributed by atoms with van der Waals surface area (Å²) in [6, 6.07) is 11.2. The first-order valence-corrected chi connectivity index (χ1v) is 16.3. The topological polar surface area (TPSA) is 49.4 Å². The van der Waals surface area contributed by atoms with Crippen LogP contribution in [0.1, 0.15) is 63.0 Å². The highest BCUT2D eigenvalue weighted by Crippen LogP contribution is 2.56. The maximum absolute atomic E-state index is 5.75. The molecule has 1 aliphatic carbocycles. The van der Waals surface area contributed by atoms with Crippen molar-refractivity contribution in [2.45, 2.75) is 67.4 Å². The number of methoxy groups -OCH3 is 5. The van der Waals surface area contributed by atoms with Crippen LogP contribution in [-0.2, 0) is 9.49 Å². The largest absolute Gasteiger partial charge is 0.493 e. The van der Waals surface area contributed by atoms with Crippen LogP contribution in [0, 0.1) is 0 Å². The Balaban J connectivity index is 1.63. The van der Waals surface area contributed by atoms with Gasteiger partial charge >= 0.3 is 0 Å². The molecule has 6 nitrogen and oxygen atoms in total. The third-order valence-corrected chi connectivity index (χ3v) is 12.2. The van der Waals surface area contributed by atoms with E-state index in [0.29, 0.717) is 11.8 Å². The van der Waals surface area contributed by atoms with E-state index in [2.05, 4.69) is 72.7 Å². The summed E-state index contributed by atoms with van der Waals surface area (Å²) in [5.41, 5.74) is 2.71. The lowest BCUT2D eigenvalue weighted by molar-refractivity contribution is 0.153. The van der Waals surface area contributed by atoms with Gasteiger partial charge in [0.1, 0.15) is 0 Å². The molecule has 222 valence electrons. The van der Waals surface area contributed by atoms with Crippen LogP contribution in [0.2, 0.25) is 0 Å². The molecule has 2 aromatic carbocycles. The van der Waals surface area contributed by atoms with Crippen LogP contribution in [0.5, 0.6) is 28.7 Å². The fourth-order valence-corrected chi connectivity index (χ4v) is 9.93. The van der Waals surface area contributed by atoms with Gasteiger partial charge in [0.05, 0.1) is 39.6 Å². The van der Waals surface area contributed by atoms with E-state index in [-0.39, 0.29) is 9.49 Å². The summed E-state index contributed by atoms with van der Waals surface area (Å²) in [5.74, 6) is 5.99. The summed E-state index contributed by atoms with van der Waals surface area (Å²) >= 11 is 4.13. The molecule has 1 saturated carbocycles. The molecular weight excluding hydrogens is 542 g/mol. The molecule has 4 rings (SSSR count). The molecule has 1 saturated heterocycles. The molecule has 0 amide bonds. The van der Waals surface area contributed by atoms with Gasteiger partial charge in [-0.2, -0.15) is 0 Å². The van der Waals surface area contributed by atoms with Crippen molar-refractivity contribution in [1.82, 2.24) is 4.90 Å². The average molecular weight is 590 g/mol. The van der Waals surface area contributed by atoms with Crippen LogP contribution in [0.25, 0.3) is 0 Å². The molecule has 1 unspecified atom stereocenters. The Morgan fingerprint density at radius 1 is 0.725 bits per heavy atom. The average Bonchev–Trinajstić information content (AvgIpc) is 3.00. The van der Waals surface area contributed by atoms with Crippen molar-refractivity contribution in [3.63, 3.8) is 0 Å². The summed E-state index contributed by atoms with van der Waals surface area (Å²) in [4.78, 5) is 2.59. The smallest absolute Gasteiger partial charge is 0.203 e. The van der Waals surface area contributed by atoms with Gasteiger partial charge < -0.3 is 28.6 Å². The molecule has 1 aliphatic heterocycles. The summed E-state index contributed by atoms with van der Waals surface area (Å²) in [5, 5.41) is 0. The van der Waals surface area contributed by atoms with Gasteiger partial charge in [-0.15, -0.1) is 23.5 Å². The summed E-state index contributed by atoms with van der Waals surface area (Å²) in [7, 11) is 10.8. The Morgan fingerprint density at radius 2 is 1.30 bits per heavy atom. The molecule has 2 aliphatic rings. The van der Waals surface area contributed by atoms with Crippen LogP contribution in [0.15, 0.2) is 30.3 Å². The van der Waals surface area contributed by atoms with Crippen molar-refractivity contribution in [2.24, 2.45) is 0 Å². The minimum Gasteiger partial charge on any atom is -0.493 e. The maximum Gasteiger partial charge on any atom is 0.203 e. The number of benzene rings is 2. The third-order valence-electron chi connectivity index (χ3n) is 8.74. The van der Waals surface area contributed by atoms with E-state index in [4.69, 9.17) is 23.7 Å². The van der Waals surface area contributed by atoms with E-state index in [1.165, 1.54) is 49.7 Å². The van der Waals surface area contributed by atoms with E-state index in [1.54, 1.807) is 35.5 Å². The first-order valence-electron chi connectivity index (χ1n) is 14.4. The van der Waals surface area contributed by atoms with Gasteiger partial charge in [0.25, 0.3) is 0 Å². The summed E-state index contributed by atoms with van der Waals surface area (Å²) in [6.45, 7) is 3.41. The second-order valence-corrected chi connectivity index (χ2v) is 14.1. The zero-order valence-electron chi connectivity index (χ0n) is 25.3. The zero-order valence-corrected chi connectivity index (χ0v) is 27.0. The minimum atomic E-state index is -0.0815. The highest BCUT2D eigenvalue weighted by Gasteiger charge is 2.41. The fraction of sp³-hybridized carbons (Fsp3) is 0.625. The summed E-state index contributed by atoms with van der Waals surface area (Å²) < 4.78 is 28.3. The van der Waals surface area contributed by atoms with Crippen LogP contribution >= 0.6 is 23.5 Å². The minimum absolute atomic E-state index is 0.0815. The Hall–Kier alpha value is -1.90. The lowest BCUT2D eigenvalue weighted by Crippen LogP contribution is -2.45. The number of nitrogens with zero attached hydrogens (tertiary/aromatic N) is 1. The Morgan fingerprint density at radius 3 is 1.85 bits per heavy atom. The monoisotopic (exact) mass is 589 g/mol. The van der Waals surface area contributed by atoms with Gasteiger partial charge in [0.15, 0.2) is 23.0 Å². The van der Waals surface area contributed by atoms with Gasteiger partial charge in [0, 0.05) is 18.0 Å². The van der Waals surface area contributed by atoms with Gasteiger partial charge in [-0.25, -0.2) is 0 Å². The molecule has 1 atom stereocenters. The van der Waals surface area contributed by atoms with Crippen LogP contribution in [0.4, 0.5) is 0 Å². The van der Waals surface area contributed by atoms with Gasteiger partial charge in [-0.1, -0.05) is 25.3 Å². The van der Waals surface area contributed by atoms with Crippen molar-refractivity contribution in [3.8, 4) is 28.7 Å². The SMILES string of the molecule is COc1ccc(C2(CN(C)C(C)CC3(c4cc(OC)c(OC)c(OC)c4)SCCCS3)CCCCC2)cc1OC. The maximum atomic E-state index is 5.75. The van der Waals surface area contributed by atoms with Crippen molar-refractivity contribution >= 4 is 23.5 Å². The van der Waals surface area contributed by atoms with E-state index in [0.717, 1.165) is 47.5 Å². The molecule has 0 N–H and O–H groups in total. The number of hydrogen-bond donors (Lipinski definition) is 0. The second-order valence-electron chi connectivity index (χ2n) is 11.1. The fourth-order valence-electron chi connectivity index (χ4n) is 6.39. The van der Waals surface area contributed by atoms with Crippen LogP contribution in [-0.4, -0.2) is 71.6 Å². The van der Waals surface area contributed by atoms with Gasteiger partial charge in [-0.05, 0) is 86.6 Å². The molecule has 2 fully saturated rings. The van der Waals surface area contributed by atoms with E-state index in [9.17, 15) is 0 Å². The van der Waals surface area contributed by atoms with Crippen molar-refractivity contribution < 1.29 is 23.7 Å². The number of likely N-dealkylation sites (N-methyl/N-ethyl adjacent to an activating group) is 1. The molecule has 0 radical (unpaired) electrons. The van der Waals surface area contributed by atoms with Crippen molar-refractivity contribution in [1.29, 1.82) is 0 Å². The van der Waals surface area contributed by atoms with Crippen molar-refractivity contribution in [2.75, 3.05) is 60.6 Å². The zero-order chi connectivity index (χ0) is 28.8. The molecule has 8 heteroatoms. The van der Waals surface area contributed by atoms with E-state index in [1.807, 2.05) is 0 Å². The standard InChI is InChI=1S/C32H47NO5S2/c1-23(21-32(39-16-11-17-40-32)25-19-28(36-5)30(38-7)29(20-25)37-6)33(2)22-31(14-9-8-10-15-31)24-12-13-26(34-3)27(18-24)35-4/h12-13,18-20,23H,8-11,14-17,21-22H2,1-7H3. The highest BCUT2D eigenvalue weighted by atomic mass is 32.2. The lowest BCUT2D eigenvalue weighted by atomic mass is 9.69. The van der Waals surface area contributed by atoms with E-state index >= 15 is 0 Å². The molecule has 0 spiro atoms. The number of thioether (sulfide) groups is 2. The van der Waals surface area contributed by atoms with Gasteiger partial charge in [-0.3, -0.25) is 0 Å². The van der Waals surface area contributed by atoms with Crippen LogP contribution < -0.4 is 23.7 Å². The highest BCUT2D eigenvalue weighted by molar-refractivity contribution is 8.18. The molecule has 0 aromatic heterocycles. The Labute approximate surface area is 249 Å². The quantitative estimate of drug-likeness (QED) is 0.254.